The smallest absolute Gasteiger partial charge is 0.338 e. The fraction of sp³-hybridized carbons (Fsp3) is 0.474. The lowest BCUT2D eigenvalue weighted by Crippen LogP contribution is -2.47. The lowest BCUT2D eigenvalue weighted by Gasteiger charge is -2.34. The van der Waals surface area contributed by atoms with Crippen molar-refractivity contribution in [3.05, 3.63) is 46.7 Å². The molecule has 1 aliphatic heterocycles. The summed E-state index contributed by atoms with van der Waals surface area (Å²) in [5, 5.41) is 2.86. The van der Waals surface area contributed by atoms with Gasteiger partial charge in [0.25, 0.3) is 0 Å². The third kappa shape index (κ3) is 3.98. The molecule has 0 saturated heterocycles. The molecule has 0 fully saturated rings. The molecule has 6 heteroatoms. The summed E-state index contributed by atoms with van der Waals surface area (Å²) < 4.78 is 5.19. The normalized spacial score (nSPS) is 18.2. The number of hydrogen-bond acceptors (Lipinski definition) is 3. The number of carbonyl (C=O) groups is 2. The number of halogens is 1. The van der Waals surface area contributed by atoms with Crippen molar-refractivity contribution in [2.24, 2.45) is 0 Å². The summed E-state index contributed by atoms with van der Waals surface area (Å²) in [7, 11) is 1.59. The summed E-state index contributed by atoms with van der Waals surface area (Å²) >= 11 is 6.03. The van der Waals surface area contributed by atoms with Crippen LogP contribution in [-0.4, -0.2) is 36.4 Å². The first-order valence-electron chi connectivity index (χ1n) is 8.31. The average Bonchev–Trinajstić information content (AvgIpc) is 2.56. The van der Waals surface area contributed by atoms with E-state index in [1.807, 2.05) is 24.3 Å². The van der Waals surface area contributed by atoms with Crippen LogP contribution in [0.3, 0.4) is 0 Å². The van der Waals surface area contributed by atoms with Gasteiger partial charge in [-0.1, -0.05) is 45.0 Å². The monoisotopic (exact) mass is 364 g/mol. The van der Waals surface area contributed by atoms with Crippen molar-refractivity contribution in [3.63, 3.8) is 0 Å². The van der Waals surface area contributed by atoms with Crippen molar-refractivity contribution >= 4 is 23.6 Å². The van der Waals surface area contributed by atoms with Crippen molar-refractivity contribution in [1.82, 2.24) is 10.2 Å². The summed E-state index contributed by atoms with van der Waals surface area (Å²) in [6.07, 6.45) is 0. The zero-order valence-electron chi connectivity index (χ0n) is 15.4. The predicted octanol–water partition coefficient (Wildman–Crippen LogP) is 3.74. The molecule has 25 heavy (non-hydrogen) atoms. The molecule has 0 aliphatic carbocycles. The van der Waals surface area contributed by atoms with Crippen molar-refractivity contribution < 1.29 is 14.3 Å². The summed E-state index contributed by atoms with van der Waals surface area (Å²) in [4.78, 5) is 26.1. The maximum Gasteiger partial charge on any atom is 0.338 e. The second-order valence-electron chi connectivity index (χ2n) is 7.03. The number of allylic oxidation sites excluding steroid dienone is 1. The Morgan fingerprint density at radius 2 is 1.88 bits per heavy atom. The number of ether oxygens (including phenoxy) is 1. The predicted molar refractivity (Wildman–Crippen MR) is 98.6 cm³/mol. The van der Waals surface area contributed by atoms with Gasteiger partial charge in [0.15, 0.2) is 0 Å². The van der Waals surface area contributed by atoms with Gasteiger partial charge in [-0.15, -0.1) is 11.6 Å². The van der Waals surface area contributed by atoms with E-state index in [4.69, 9.17) is 16.3 Å². The highest BCUT2D eigenvalue weighted by Crippen LogP contribution is 2.32. The molecule has 1 unspecified atom stereocenters. The molecular weight excluding hydrogens is 340 g/mol. The molecule has 1 atom stereocenters. The van der Waals surface area contributed by atoms with Crippen molar-refractivity contribution in [2.45, 2.75) is 39.2 Å². The summed E-state index contributed by atoms with van der Waals surface area (Å²) in [5.41, 5.74) is 2.86. The molecule has 1 N–H and O–H groups in total. The van der Waals surface area contributed by atoms with Gasteiger partial charge in [-0.25, -0.2) is 9.59 Å². The van der Waals surface area contributed by atoms with Crippen LogP contribution in [0.1, 0.15) is 44.9 Å². The average molecular weight is 365 g/mol. The van der Waals surface area contributed by atoms with Gasteiger partial charge in [0.1, 0.15) is 0 Å². The van der Waals surface area contributed by atoms with Crippen molar-refractivity contribution in [1.29, 1.82) is 0 Å². The lowest BCUT2D eigenvalue weighted by molar-refractivity contribution is -0.139. The van der Waals surface area contributed by atoms with Crippen LogP contribution < -0.4 is 5.32 Å². The zero-order chi connectivity index (χ0) is 18.8. The molecule has 0 saturated carbocycles. The first-order valence-corrected chi connectivity index (χ1v) is 8.85. The molecule has 1 aromatic carbocycles. The van der Waals surface area contributed by atoms with Crippen LogP contribution in [0.25, 0.3) is 0 Å². The zero-order valence-corrected chi connectivity index (χ0v) is 16.1. The largest absolute Gasteiger partial charge is 0.463 e. The van der Waals surface area contributed by atoms with Gasteiger partial charge >= 0.3 is 12.0 Å². The topological polar surface area (TPSA) is 58.6 Å². The van der Waals surface area contributed by atoms with E-state index in [9.17, 15) is 9.59 Å². The minimum Gasteiger partial charge on any atom is -0.463 e. The SMILES string of the molecule is CCOC(=O)C1=C(CCl)N(C)C(=O)NC1c1ccc(C(C)(C)C)cc1. The third-order valence-electron chi connectivity index (χ3n) is 4.31. The lowest BCUT2D eigenvalue weighted by atomic mass is 9.85. The van der Waals surface area contributed by atoms with Gasteiger partial charge in [-0.2, -0.15) is 0 Å². The Morgan fingerprint density at radius 3 is 2.36 bits per heavy atom. The van der Waals surface area contributed by atoms with E-state index < -0.39 is 12.0 Å². The number of alkyl halides is 1. The fourth-order valence-electron chi connectivity index (χ4n) is 2.79. The molecule has 2 rings (SSSR count). The van der Waals surface area contributed by atoms with Crippen LogP contribution in [0.2, 0.25) is 0 Å². The quantitative estimate of drug-likeness (QED) is 0.654. The third-order valence-corrected chi connectivity index (χ3v) is 4.56. The standard InChI is InChI=1S/C19H25ClN2O3/c1-6-25-17(23)15-14(11-20)22(5)18(24)21-16(15)12-7-9-13(10-8-12)19(2,3)4/h7-10,16H,6,11H2,1-5H3,(H,21,24). The second kappa shape index (κ2) is 7.48. The van der Waals surface area contributed by atoms with Gasteiger partial charge < -0.3 is 10.1 Å². The minimum absolute atomic E-state index is 0.0235. The Bertz CT molecular complexity index is 690. The van der Waals surface area contributed by atoms with Crippen LogP contribution in [0.4, 0.5) is 4.79 Å². The molecule has 1 heterocycles. The van der Waals surface area contributed by atoms with Gasteiger partial charge in [0.2, 0.25) is 0 Å². The highest BCUT2D eigenvalue weighted by atomic mass is 35.5. The Kier molecular flexibility index (Phi) is 5.78. The number of rotatable bonds is 4. The number of carbonyl (C=O) groups excluding carboxylic acids is 2. The number of benzene rings is 1. The highest BCUT2D eigenvalue weighted by Gasteiger charge is 2.36. The van der Waals surface area contributed by atoms with Gasteiger partial charge in [-0.3, -0.25) is 4.90 Å². The molecule has 0 aromatic heterocycles. The molecule has 0 bridgehead atoms. The Balaban J connectivity index is 2.51. The summed E-state index contributed by atoms with van der Waals surface area (Å²) in [6, 6.07) is 7.02. The van der Waals surface area contributed by atoms with Gasteiger partial charge in [0.05, 0.1) is 24.1 Å². The van der Waals surface area contributed by atoms with E-state index in [2.05, 4.69) is 26.1 Å². The molecule has 1 aromatic rings. The summed E-state index contributed by atoms with van der Waals surface area (Å²) in [5.74, 6) is -0.413. The van der Waals surface area contributed by atoms with E-state index in [1.165, 1.54) is 10.5 Å². The van der Waals surface area contributed by atoms with E-state index >= 15 is 0 Å². The van der Waals surface area contributed by atoms with Crippen LogP contribution in [-0.2, 0) is 14.9 Å². The first kappa shape index (κ1) is 19.3. The molecule has 136 valence electrons. The van der Waals surface area contributed by atoms with Crippen molar-refractivity contribution in [2.75, 3.05) is 19.5 Å². The maximum absolute atomic E-state index is 12.5. The number of esters is 1. The van der Waals surface area contributed by atoms with Crippen molar-refractivity contribution in [3.8, 4) is 0 Å². The van der Waals surface area contributed by atoms with Crippen LogP contribution in [0.5, 0.6) is 0 Å². The molecule has 5 nitrogen and oxygen atoms in total. The van der Waals surface area contributed by atoms with Crippen LogP contribution in [0, 0.1) is 0 Å². The Hall–Kier alpha value is -2.01. The molecule has 2 amide bonds. The van der Waals surface area contributed by atoms with E-state index in [0.717, 1.165) is 5.56 Å². The van der Waals surface area contributed by atoms with Crippen LogP contribution >= 0.6 is 11.6 Å². The summed E-state index contributed by atoms with van der Waals surface area (Å²) in [6.45, 7) is 8.40. The molecule has 0 radical (unpaired) electrons. The van der Waals surface area contributed by atoms with Crippen LogP contribution in [0.15, 0.2) is 35.5 Å². The number of amides is 2. The van der Waals surface area contributed by atoms with Gasteiger partial charge in [-0.05, 0) is 23.5 Å². The van der Waals surface area contributed by atoms with Gasteiger partial charge in [0, 0.05) is 12.7 Å². The molecule has 1 aliphatic rings. The molecule has 0 spiro atoms. The number of urea groups is 1. The second-order valence-corrected chi connectivity index (χ2v) is 7.30. The van der Waals surface area contributed by atoms with E-state index in [-0.39, 0.29) is 23.9 Å². The number of nitrogens with zero attached hydrogens (tertiary/aromatic N) is 1. The number of nitrogens with one attached hydrogen (secondary N) is 1. The fourth-order valence-corrected chi connectivity index (χ4v) is 3.12. The van der Waals surface area contributed by atoms with E-state index in [1.54, 1.807) is 14.0 Å². The van der Waals surface area contributed by atoms with E-state index in [0.29, 0.717) is 11.3 Å². The Morgan fingerprint density at radius 1 is 1.28 bits per heavy atom. The molecular formula is C19H25ClN2O3. The highest BCUT2D eigenvalue weighted by molar-refractivity contribution is 6.20. The maximum atomic E-state index is 12.5. The first-order chi connectivity index (χ1) is 11.7. The minimum atomic E-state index is -0.578. The number of hydrogen-bond donors (Lipinski definition) is 1. The Labute approximate surface area is 154 Å².